The molecule has 7 nitrogen and oxygen atoms in total. The highest BCUT2D eigenvalue weighted by molar-refractivity contribution is 14.1. The van der Waals surface area contributed by atoms with E-state index in [9.17, 15) is 0 Å². The molecule has 6 rings (SSSR count). The number of ether oxygens (including phenoxy) is 1. The van der Waals surface area contributed by atoms with Crippen molar-refractivity contribution in [2.45, 2.75) is 47.6 Å². The molecular weight excluding hydrogens is 455 g/mol. The summed E-state index contributed by atoms with van der Waals surface area (Å²) in [6, 6.07) is 3.32. The number of nitrogens with zero attached hydrogens (tertiary/aromatic N) is 5. The van der Waals surface area contributed by atoms with Crippen molar-refractivity contribution in [2.24, 2.45) is 5.92 Å². The van der Waals surface area contributed by atoms with Gasteiger partial charge in [0.1, 0.15) is 5.82 Å². The van der Waals surface area contributed by atoms with Gasteiger partial charge in [0.25, 0.3) is 0 Å². The molecule has 27 heavy (non-hydrogen) atoms. The molecule has 3 fully saturated rings. The molecular formula is C19H23IN6O. The summed E-state index contributed by atoms with van der Waals surface area (Å²) in [6.07, 6.45) is 8.95. The van der Waals surface area contributed by atoms with Crippen molar-refractivity contribution < 1.29 is 4.74 Å². The second-order valence-corrected chi connectivity index (χ2v) is 9.90. The lowest BCUT2D eigenvalue weighted by Crippen LogP contribution is -2.53. The minimum atomic E-state index is 0.425. The van der Waals surface area contributed by atoms with Crippen LogP contribution in [0.2, 0.25) is 0 Å². The third-order valence-corrected chi connectivity index (χ3v) is 7.86. The third-order valence-electron chi connectivity index (χ3n) is 6.48. The Hall–Kier alpha value is -1.26. The van der Waals surface area contributed by atoms with E-state index in [-0.39, 0.29) is 0 Å². The van der Waals surface area contributed by atoms with Crippen LogP contribution < -0.4 is 0 Å². The molecule has 0 spiro atoms. The molecule has 3 atom stereocenters. The number of aromatic nitrogens is 5. The van der Waals surface area contributed by atoms with E-state index in [0.29, 0.717) is 21.9 Å². The van der Waals surface area contributed by atoms with Gasteiger partial charge in [0.2, 0.25) is 0 Å². The summed E-state index contributed by atoms with van der Waals surface area (Å²) >= 11 is 2.64. The smallest absolute Gasteiger partial charge is 0.179 e. The number of hydrogen-bond donors (Lipinski definition) is 1. The van der Waals surface area contributed by atoms with Gasteiger partial charge in [0.15, 0.2) is 11.3 Å². The van der Waals surface area contributed by atoms with Gasteiger partial charge in [-0.2, -0.15) is 0 Å². The van der Waals surface area contributed by atoms with Crippen LogP contribution in [0.3, 0.4) is 0 Å². The van der Waals surface area contributed by atoms with Gasteiger partial charge < -0.3 is 9.72 Å². The van der Waals surface area contributed by atoms with Crippen molar-refractivity contribution in [3.8, 4) is 0 Å². The first-order valence-corrected chi connectivity index (χ1v) is 11.2. The van der Waals surface area contributed by atoms with Crippen LogP contribution in [0, 0.1) is 5.92 Å². The van der Waals surface area contributed by atoms with Gasteiger partial charge in [-0.3, -0.25) is 9.30 Å². The number of H-pyrrole nitrogens is 1. The van der Waals surface area contributed by atoms with Crippen LogP contribution in [0.4, 0.5) is 0 Å². The van der Waals surface area contributed by atoms with Crippen molar-refractivity contribution in [3.05, 3.63) is 24.3 Å². The predicted octanol–water partition coefficient (Wildman–Crippen LogP) is 2.77. The van der Waals surface area contributed by atoms with E-state index in [1.807, 2.05) is 12.4 Å². The van der Waals surface area contributed by atoms with E-state index >= 15 is 0 Å². The maximum atomic E-state index is 5.52. The van der Waals surface area contributed by atoms with Crippen LogP contribution in [0.25, 0.3) is 16.8 Å². The molecule has 3 aliphatic rings. The molecule has 4 heterocycles. The Morgan fingerprint density at radius 2 is 2.11 bits per heavy atom. The normalized spacial score (nSPS) is 29.2. The molecule has 1 saturated heterocycles. The Kier molecular flexibility index (Phi) is 3.94. The van der Waals surface area contributed by atoms with Crippen molar-refractivity contribution in [1.29, 1.82) is 0 Å². The number of fused-ring (bicyclic) bond motifs is 3. The summed E-state index contributed by atoms with van der Waals surface area (Å²) < 4.78 is 8.30. The van der Waals surface area contributed by atoms with E-state index < -0.39 is 0 Å². The van der Waals surface area contributed by atoms with Gasteiger partial charge in [0, 0.05) is 28.6 Å². The second-order valence-electron chi connectivity index (χ2n) is 8.30. The molecule has 8 heteroatoms. The van der Waals surface area contributed by atoms with Crippen LogP contribution in [0.15, 0.2) is 18.5 Å². The second kappa shape index (κ2) is 6.38. The Balaban J connectivity index is 1.33. The average molecular weight is 478 g/mol. The Morgan fingerprint density at radius 1 is 1.22 bits per heavy atom. The molecule has 1 aliphatic heterocycles. The summed E-state index contributed by atoms with van der Waals surface area (Å²) in [5, 5.41) is 9.03. The number of halogens is 1. The first-order chi connectivity index (χ1) is 13.3. The quantitative estimate of drug-likeness (QED) is 0.451. The monoisotopic (exact) mass is 478 g/mol. The Labute approximate surface area is 171 Å². The van der Waals surface area contributed by atoms with Crippen molar-refractivity contribution in [1.82, 2.24) is 29.5 Å². The predicted molar refractivity (Wildman–Crippen MR) is 110 cm³/mol. The van der Waals surface area contributed by atoms with E-state index in [4.69, 9.17) is 4.74 Å². The van der Waals surface area contributed by atoms with Crippen molar-refractivity contribution in [3.63, 3.8) is 0 Å². The molecule has 2 saturated carbocycles. The minimum absolute atomic E-state index is 0.425. The van der Waals surface area contributed by atoms with Gasteiger partial charge in [-0.15, -0.1) is 10.2 Å². The van der Waals surface area contributed by atoms with Gasteiger partial charge in [-0.05, 0) is 37.7 Å². The van der Waals surface area contributed by atoms with E-state index in [1.54, 1.807) is 0 Å². The maximum Gasteiger partial charge on any atom is 0.179 e. The molecule has 1 unspecified atom stereocenters. The minimum Gasteiger partial charge on any atom is -0.378 e. The summed E-state index contributed by atoms with van der Waals surface area (Å²) in [7, 11) is 0. The zero-order valence-electron chi connectivity index (χ0n) is 15.1. The van der Waals surface area contributed by atoms with Gasteiger partial charge >= 0.3 is 0 Å². The fourth-order valence-corrected chi connectivity index (χ4v) is 5.95. The van der Waals surface area contributed by atoms with Gasteiger partial charge in [-0.25, -0.2) is 4.98 Å². The number of nitrogens with one attached hydrogen (secondary N) is 1. The summed E-state index contributed by atoms with van der Waals surface area (Å²) in [4.78, 5) is 10.4. The molecule has 0 bridgehead atoms. The zero-order chi connectivity index (χ0) is 18.0. The lowest BCUT2D eigenvalue weighted by Gasteiger charge is -2.41. The Morgan fingerprint density at radius 3 is 2.89 bits per heavy atom. The lowest BCUT2D eigenvalue weighted by molar-refractivity contribution is -0.0802. The summed E-state index contributed by atoms with van der Waals surface area (Å²) in [5.74, 6) is 2.43. The molecule has 3 aromatic heterocycles. The highest BCUT2D eigenvalue weighted by Gasteiger charge is 2.43. The highest BCUT2D eigenvalue weighted by atomic mass is 127. The first kappa shape index (κ1) is 16.7. The number of aromatic amines is 1. The fraction of sp³-hybridized carbons (Fsp3) is 0.632. The maximum absolute atomic E-state index is 5.52. The summed E-state index contributed by atoms with van der Waals surface area (Å²) in [5.41, 5.74) is 2.80. The number of alkyl halides is 1. The van der Waals surface area contributed by atoms with Crippen LogP contribution in [0.5, 0.6) is 0 Å². The van der Waals surface area contributed by atoms with E-state index in [2.05, 4.69) is 58.1 Å². The molecule has 0 radical (unpaired) electrons. The van der Waals surface area contributed by atoms with Crippen LogP contribution in [-0.4, -0.2) is 65.2 Å². The van der Waals surface area contributed by atoms with Gasteiger partial charge in [0.05, 0.1) is 31.0 Å². The first-order valence-electron chi connectivity index (χ1n) is 9.92. The van der Waals surface area contributed by atoms with Crippen molar-refractivity contribution >= 4 is 39.4 Å². The Bertz CT molecular complexity index is 977. The van der Waals surface area contributed by atoms with E-state index in [0.717, 1.165) is 48.2 Å². The summed E-state index contributed by atoms with van der Waals surface area (Å²) in [6.45, 7) is 3.06. The van der Waals surface area contributed by atoms with Crippen LogP contribution in [-0.2, 0) is 4.74 Å². The SMILES string of the molecule is I[C@@H]1C[C@H](N(CC2CC2)C2COC2)CC1c1nnc2cnc3[nH]ccc3n12. The lowest BCUT2D eigenvalue weighted by atomic mass is 10.0. The molecule has 0 amide bonds. The molecule has 2 aliphatic carbocycles. The average Bonchev–Trinajstić information content (AvgIpc) is 3.03. The zero-order valence-corrected chi connectivity index (χ0v) is 17.2. The number of rotatable bonds is 5. The largest absolute Gasteiger partial charge is 0.378 e. The van der Waals surface area contributed by atoms with E-state index in [1.165, 1.54) is 25.8 Å². The standard InChI is InChI=1S/C19H23IN6O/c20-15-6-12(25(8-11-1-2-11)13-9-27-10-13)5-14(15)19-24-23-17-7-22-18-16(26(17)19)3-4-21-18/h3-4,7,11-15,21H,1-2,5-6,8-10H2/t12-,14?,15-/m1/s1. The molecule has 1 N–H and O–H groups in total. The van der Waals surface area contributed by atoms with Crippen molar-refractivity contribution in [2.75, 3.05) is 19.8 Å². The third kappa shape index (κ3) is 2.79. The van der Waals surface area contributed by atoms with Crippen LogP contribution >= 0.6 is 22.6 Å². The van der Waals surface area contributed by atoms with Crippen LogP contribution in [0.1, 0.15) is 37.4 Å². The topological polar surface area (TPSA) is 71.3 Å². The molecule has 142 valence electrons. The highest BCUT2D eigenvalue weighted by Crippen LogP contribution is 2.43. The molecule has 3 aromatic rings. The fourth-order valence-electron chi connectivity index (χ4n) is 4.75. The van der Waals surface area contributed by atoms with Gasteiger partial charge in [-0.1, -0.05) is 22.6 Å². The number of hydrogen-bond acceptors (Lipinski definition) is 5. The molecule has 0 aromatic carbocycles.